The van der Waals surface area contributed by atoms with E-state index in [0.717, 1.165) is 0 Å². The molecule has 0 aromatic heterocycles. The molecule has 76 valence electrons. The molecule has 0 aromatic rings. The Labute approximate surface area is 73.1 Å². The zero-order valence-corrected chi connectivity index (χ0v) is 6.88. The Morgan fingerprint density at radius 1 is 1.46 bits per heavy atom. The summed E-state index contributed by atoms with van der Waals surface area (Å²) in [5, 5.41) is 11.9. The van der Waals surface area contributed by atoms with E-state index in [-0.39, 0.29) is 0 Å². The van der Waals surface area contributed by atoms with Crippen LogP contribution in [0.3, 0.4) is 0 Å². The fourth-order valence-corrected chi connectivity index (χ4v) is 0.582. The van der Waals surface area contributed by atoms with Gasteiger partial charge in [0.2, 0.25) is 5.91 Å². The fourth-order valence-electron chi connectivity index (χ4n) is 0.582. The van der Waals surface area contributed by atoms with Gasteiger partial charge in [-0.25, -0.2) is 13.6 Å². The topological polar surface area (TPSA) is 78.4 Å². The zero-order chi connectivity index (χ0) is 10.4. The van der Waals surface area contributed by atoms with Gasteiger partial charge in [-0.05, 0) is 6.92 Å². The van der Waals surface area contributed by atoms with E-state index in [9.17, 15) is 18.4 Å². The van der Waals surface area contributed by atoms with Crippen LogP contribution in [0, 0.1) is 0 Å². The minimum absolute atomic E-state index is 0.773. The number of carbonyl (C=O) groups is 2. The number of rotatable bonds is 4. The lowest BCUT2D eigenvalue weighted by Crippen LogP contribution is -2.45. The van der Waals surface area contributed by atoms with Gasteiger partial charge in [0.1, 0.15) is 6.04 Å². The Balaban J connectivity index is 3.76. The number of hydrogen-bond acceptors (Lipinski definition) is 2. The van der Waals surface area contributed by atoms with Crippen molar-refractivity contribution in [1.82, 2.24) is 10.6 Å². The molecular formula is C6H10F2N2O3. The first-order chi connectivity index (χ1) is 5.93. The van der Waals surface area contributed by atoms with Gasteiger partial charge < -0.3 is 15.7 Å². The van der Waals surface area contributed by atoms with Crippen molar-refractivity contribution in [2.45, 2.75) is 19.4 Å². The number of alkyl halides is 2. The highest BCUT2D eigenvalue weighted by Crippen LogP contribution is 1.89. The van der Waals surface area contributed by atoms with Gasteiger partial charge in [0.25, 0.3) is 6.43 Å². The monoisotopic (exact) mass is 196 g/mol. The first-order valence-corrected chi connectivity index (χ1v) is 3.48. The van der Waals surface area contributed by atoms with Crippen molar-refractivity contribution in [3.63, 3.8) is 0 Å². The van der Waals surface area contributed by atoms with Crippen molar-refractivity contribution >= 4 is 12.0 Å². The molecule has 0 spiro atoms. The van der Waals surface area contributed by atoms with E-state index >= 15 is 0 Å². The molecule has 0 radical (unpaired) electrons. The van der Waals surface area contributed by atoms with Crippen LogP contribution in [0.15, 0.2) is 0 Å². The second-order valence-electron chi connectivity index (χ2n) is 2.31. The summed E-state index contributed by atoms with van der Waals surface area (Å²) in [6.07, 6.45) is -4.01. The van der Waals surface area contributed by atoms with Crippen LogP contribution in [0.2, 0.25) is 0 Å². The molecule has 0 fully saturated rings. The van der Waals surface area contributed by atoms with Gasteiger partial charge >= 0.3 is 6.09 Å². The van der Waals surface area contributed by atoms with Crippen LogP contribution in [-0.2, 0) is 4.79 Å². The van der Waals surface area contributed by atoms with Gasteiger partial charge in [-0.1, -0.05) is 0 Å². The molecule has 1 unspecified atom stereocenters. The van der Waals surface area contributed by atoms with Gasteiger partial charge in [0, 0.05) is 0 Å². The van der Waals surface area contributed by atoms with E-state index in [1.165, 1.54) is 6.92 Å². The summed E-state index contributed by atoms with van der Waals surface area (Å²) in [6.45, 7) is 0.486. The molecule has 5 nitrogen and oxygen atoms in total. The lowest BCUT2D eigenvalue weighted by atomic mass is 10.3. The van der Waals surface area contributed by atoms with Crippen LogP contribution in [0.25, 0.3) is 0 Å². The number of hydrogen-bond donors (Lipinski definition) is 3. The first kappa shape index (κ1) is 11.6. The summed E-state index contributed by atoms with van der Waals surface area (Å²) < 4.78 is 23.1. The van der Waals surface area contributed by atoms with Crippen molar-refractivity contribution in [2.75, 3.05) is 6.54 Å². The van der Waals surface area contributed by atoms with E-state index in [1.54, 1.807) is 0 Å². The molecule has 0 aliphatic rings. The van der Waals surface area contributed by atoms with E-state index in [2.05, 4.69) is 0 Å². The number of amides is 2. The minimum atomic E-state index is -2.64. The average molecular weight is 196 g/mol. The van der Waals surface area contributed by atoms with Gasteiger partial charge in [-0.15, -0.1) is 0 Å². The maximum atomic E-state index is 11.6. The van der Waals surface area contributed by atoms with Crippen LogP contribution in [0.4, 0.5) is 13.6 Å². The number of nitrogens with one attached hydrogen (secondary N) is 2. The predicted molar refractivity (Wildman–Crippen MR) is 39.6 cm³/mol. The van der Waals surface area contributed by atoms with Gasteiger partial charge in [-0.2, -0.15) is 0 Å². The molecular weight excluding hydrogens is 186 g/mol. The molecule has 0 aliphatic carbocycles. The van der Waals surface area contributed by atoms with Gasteiger partial charge in [0.15, 0.2) is 0 Å². The maximum Gasteiger partial charge on any atom is 0.405 e. The summed E-state index contributed by atoms with van der Waals surface area (Å²) in [7, 11) is 0. The van der Waals surface area contributed by atoms with E-state index in [0.29, 0.717) is 0 Å². The van der Waals surface area contributed by atoms with Gasteiger partial charge in [-0.3, -0.25) is 4.79 Å². The molecule has 7 heteroatoms. The Bertz CT molecular complexity index is 198. The molecule has 0 rings (SSSR count). The zero-order valence-electron chi connectivity index (χ0n) is 6.88. The first-order valence-electron chi connectivity index (χ1n) is 3.48. The lowest BCUT2D eigenvalue weighted by molar-refractivity contribution is -0.123. The van der Waals surface area contributed by atoms with Crippen LogP contribution < -0.4 is 10.6 Å². The van der Waals surface area contributed by atoms with E-state index in [1.807, 2.05) is 10.6 Å². The van der Waals surface area contributed by atoms with Crippen molar-refractivity contribution < 1.29 is 23.5 Å². The third kappa shape index (κ3) is 5.83. The van der Waals surface area contributed by atoms with E-state index < -0.39 is 31.0 Å². The molecule has 3 N–H and O–H groups in total. The molecule has 0 aromatic carbocycles. The average Bonchev–Trinajstić information content (AvgIpc) is 1.98. The van der Waals surface area contributed by atoms with Crippen LogP contribution in [0.5, 0.6) is 0 Å². The van der Waals surface area contributed by atoms with Crippen LogP contribution in [-0.4, -0.2) is 36.1 Å². The molecule has 0 saturated carbocycles. The third-order valence-electron chi connectivity index (χ3n) is 1.16. The summed E-state index contributed by atoms with van der Waals surface area (Å²) in [4.78, 5) is 20.8. The molecule has 0 saturated heterocycles. The molecule has 0 heterocycles. The van der Waals surface area contributed by atoms with Gasteiger partial charge in [0.05, 0.1) is 6.54 Å². The van der Waals surface area contributed by atoms with Crippen LogP contribution in [0.1, 0.15) is 6.92 Å². The SMILES string of the molecule is CC(NC(=O)O)C(=O)NCC(F)F. The quantitative estimate of drug-likeness (QED) is 0.593. The highest BCUT2D eigenvalue weighted by molar-refractivity contribution is 5.84. The summed E-state index contributed by atoms with van der Waals surface area (Å²) in [6, 6.07) is -1.03. The van der Waals surface area contributed by atoms with Crippen molar-refractivity contribution in [3.05, 3.63) is 0 Å². The largest absolute Gasteiger partial charge is 0.465 e. The Hall–Kier alpha value is -1.40. The fraction of sp³-hybridized carbons (Fsp3) is 0.667. The second kappa shape index (κ2) is 5.28. The third-order valence-corrected chi connectivity index (χ3v) is 1.16. The molecule has 1 atom stereocenters. The van der Waals surface area contributed by atoms with Crippen LogP contribution >= 0.6 is 0 Å². The Morgan fingerprint density at radius 2 is 2.00 bits per heavy atom. The standard InChI is InChI=1S/C6H10F2N2O3/c1-3(10-6(12)13)5(11)9-2-4(7)8/h3-4,10H,2H2,1H3,(H,9,11)(H,12,13). The summed E-state index contributed by atoms with van der Waals surface area (Å²) in [5.41, 5.74) is 0. The smallest absolute Gasteiger partial charge is 0.405 e. The second-order valence-corrected chi connectivity index (χ2v) is 2.31. The molecule has 0 aliphatic heterocycles. The van der Waals surface area contributed by atoms with Crippen molar-refractivity contribution in [1.29, 1.82) is 0 Å². The number of halogens is 2. The molecule has 13 heavy (non-hydrogen) atoms. The molecule has 0 bridgehead atoms. The van der Waals surface area contributed by atoms with Crippen molar-refractivity contribution in [3.8, 4) is 0 Å². The number of carboxylic acid groups (broad SMARTS) is 1. The number of carbonyl (C=O) groups excluding carboxylic acids is 1. The Kier molecular flexibility index (Phi) is 4.71. The highest BCUT2D eigenvalue weighted by atomic mass is 19.3. The highest BCUT2D eigenvalue weighted by Gasteiger charge is 2.15. The molecule has 2 amide bonds. The van der Waals surface area contributed by atoms with Crippen molar-refractivity contribution in [2.24, 2.45) is 0 Å². The van der Waals surface area contributed by atoms with E-state index in [4.69, 9.17) is 5.11 Å². The predicted octanol–water partition coefficient (Wildman–Crippen LogP) is 0.0238. The maximum absolute atomic E-state index is 11.6. The summed E-state index contributed by atoms with van der Waals surface area (Å²) >= 11 is 0. The Morgan fingerprint density at radius 3 is 2.38 bits per heavy atom. The minimum Gasteiger partial charge on any atom is -0.465 e. The lowest BCUT2D eigenvalue weighted by Gasteiger charge is -2.11. The summed E-state index contributed by atoms with van der Waals surface area (Å²) in [5.74, 6) is -0.775. The normalized spacial score (nSPS) is 12.3.